The summed E-state index contributed by atoms with van der Waals surface area (Å²) in [5.41, 5.74) is 0.913. The molecule has 3 aromatic rings. The van der Waals surface area contributed by atoms with Crippen molar-refractivity contribution in [1.82, 2.24) is 10.2 Å². The molecule has 2 amide bonds. The fourth-order valence-corrected chi connectivity index (χ4v) is 6.67. The number of rotatable bonds is 12. The Morgan fingerprint density at radius 3 is 2.29 bits per heavy atom. The van der Waals surface area contributed by atoms with E-state index in [0.29, 0.717) is 22.1 Å². The summed E-state index contributed by atoms with van der Waals surface area (Å²) in [5, 5.41) is 3.55. The van der Waals surface area contributed by atoms with Gasteiger partial charge < -0.3 is 19.7 Å². The average molecular weight is 614 g/mol. The van der Waals surface area contributed by atoms with Crippen LogP contribution in [0.25, 0.3) is 0 Å². The first-order valence-electron chi connectivity index (χ1n) is 13.8. The predicted octanol–water partition coefficient (Wildman–Crippen LogP) is 5.03. The van der Waals surface area contributed by atoms with Crippen LogP contribution in [-0.2, 0) is 26.2 Å². The molecule has 9 nitrogen and oxygen atoms in total. The van der Waals surface area contributed by atoms with E-state index in [1.807, 2.05) is 0 Å². The Hall–Kier alpha value is -3.76. The van der Waals surface area contributed by atoms with Crippen molar-refractivity contribution in [1.29, 1.82) is 0 Å². The molecule has 4 rings (SSSR count). The number of carbonyl (C=O) groups excluding carboxylic acids is 2. The van der Waals surface area contributed by atoms with E-state index in [1.165, 1.54) is 37.3 Å². The zero-order valence-corrected chi connectivity index (χ0v) is 25.5. The minimum absolute atomic E-state index is 0.0148. The van der Waals surface area contributed by atoms with E-state index in [2.05, 4.69) is 5.32 Å². The molecule has 42 heavy (non-hydrogen) atoms. The van der Waals surface area contributed by atoms with Gasteiger partial charge in [0.25, 0.3) is 10.0 Å². The summed E-state index contributed by atoms with van der Waals surface area (Å²) in [5.74, 6) is -0.139. The molecule has 1 aliphatic rings. The number of halogens is 1. The summed E-state index contributed by atoms with van der Waals surface area (Å²) in [6.07, 6.45) is 3.87. The molecule has 1 N–H and O–H groups in total. The van der Waals surface area contributed by atoms with Crippen molar-refractivity contribution in [3.8, 4) is 11.5 Å². The second-order valence-electron chi connectivity index (χ2n) is 10.2. The normalized spacial score (nSPS) is 14.2. The standard InChI is InChI=1S/C31H36ClN3O6S/c1-22(31(37)33-25-12-7-8-13-25)34(20-23-10-9-11-24(32)18-23)30(36)21-35(42(38,39)27-14-5-4-6-15-27)26-16-17-28(40-2)29(19-26)41-3/h4-6,9-11,14-19,22,25H,7-8,12-13,20-21H2,1-3H3,(H,33,37). The first-order valence-corrected chi connectivity index (χ1v) is 15.6. The number of benzene rings is 3. The second kappa shape index (κ2) is 13.9. The molecule has 0 radical (unpaired) electrons. The zero-order valence-electron chi connectivity index (χ0n) is 24.0. The van der Waals surface area contributed by atoms with Gasteiger partial charge in [0.05, 0.1) is 24.8 Å². The third-order valence-corrected chi connectivity index (χ3v) is 9.40. The van der Waals surface area contributed by atoms with Gasteiger partial charge in [-0.2, -0.15) is 0 Å². The molecule has 1 fully saturated rings. The highest BCUT2D eigenvalue weighted by Gasteiger charge is 2.33. The number of methoxy groups -OCH3 is 2. The molecule has 0 heterocycles. The Bertz CT molecular complexity index is 1500. The number of hydrogen-bond acceptors (Lipinski definition) is 6. The van der Waals surface area contributed by atoms with Gasteiger partial charge in [-0.25, -0.2) is 8.42 Å². The van der Waals surface area contributed by atoms with E-state index in [-0.39, 0.29) is 29.1 Å². The van der Waals surface area contributed by atoms with Crippen LogP contribution in [0, 0.1) is 0 Å². The number of nitrogens with zero attached hydrogens (tertiary/aromatic N) is 2. The molecule has 0 aliphatic heterocycles. The number of anilines is 1. The Balaban J connectivity index is 1.72. The molecular formula is C31H36ClN3O6S. The van der Waals surface area contributed by atoms with Gasteiger partial charge in [0.15, 0.2) is 11.5 Å². The fourth-order valence-electron chi connectivity index (χ4n) is 5.04. The van der Waals surface area contributed by atoms with Gasteiger partial charge in [-0.05, 0) is 61.7 Å². The lowest BCUT2D eigenvalue weighted by molar-refractivity contribution is -0.139. The lowest BCUT2D eigenvalue weighted by Crippen LogP contribution is -2.52. The van der Waals surface area contributed by atoms with E-state index >= 15 is 0 Å². The molecule has 224 valence electrons. The number of ether oxygens (including phenoxy) is 2. The number of nitrogens with one attached hydrogen (secondary N) is 1. The number of carbonyl (C=O) groups is 2. The number of hydrogen-bond donors (Lipinski definition) is 1. The molecular weight excluding hydrogens is 578 g/mol. The summed E-state index contributed by atoms with van der Waals surface area (Å²) >= 11 is 6.22. The van der Waals surface area contributed by atoms with E-state index in [4.69, 9.17) is 21.1 Å². The number of amides is 2. The first-order chi connectivity index (χ1) is 20.1. The van der Waals surface area contributed by atoms with Crippen molar-refractivity contribution in [2.75, 3.05) is 25.1 Å². The predicted molar refractivity (Wildman–Crippen MR) is 162 cm³/mol. The summed E-state index contributed by atoms with van der Waals surface area (Å²) in [6.45, 7) is 1.15. The van der Waals surface area contributed by atoms with Crippen LogP contribution in [0.3, 0.4) is 0 Å². The Labute approximate surface area is 252 Å². The maximum atomic E-state index is 14.1. The van der Waals surface area contributed by atoms with E-state index < -0.39 is 28.5 Å². The van der Waals surface area contributed by atoms with E-state index in [1.54, 1.807) is 61.5 Å². The minimum atomic E-state index is -4.20. The van der Waals surface area contributed by atoms with E-state index in [0.717, 1.165) is 30.0 Å². The molecule has 1 atom stereocenters. The van der Waals surface area contributed by atoms with Crippen molar-refractivity contribution < 1.29 is 27.5 Å². The fraction of sp³-hybridized carbons (Fsp3) is 0.355. The Morgan fingerprint density at radius 1 is 0.952 bits per heavy atom. The molecule has 0 saturated heterocycles. The maximum Gasteiger partial charge on any atom is 0.264 e. The van der Waals surface area contributed by atoms with Crippen LogP contribution in [0.1, 0.15) is 38.2 Å². The average Bonchev–Trinajstić information content (AvgIpc) is 3.51. The van der Waals surface area contributed by atoms with Gasteiger partial charge in [-0.15, -0.1) is 0 Å². The molecule has 1 unspecified atom stereocenters. The van der Waals surface area contributed by atoms with E-state index in [9.17, 15) is 18.0 Å². The highest BCUT2D eigenvalue weighted by Crippen LogP contribution is 2.34. The quantitative estimate of drug-likeness (QED) is 0.307. The minimum Gasteiger partial charge on any atom is -0.493 e. The molecule has 1 aliphatic carbocycles. The molecule has 0 spiro atoms. The van der Waals surface area contributed by atoms with Gasteiger partial charge in [0.1, 0.15) is 12.6 Å². The summed E-state index contributed by atoms with van der Waals surface area (Å²) < 4.78 is 39.7. The van der Waals surface area contributed by atoms with Crippen LogP contribution in [0.15, 0.2) is 77.7 Å². The zero-order chi connectivity index (χ0) is 30.3. The second-order valence-corrected chi connectivity index (χ2v) is 12.5. The summed E-state index contributed by atoms with van der Waals surface area (Å²) in [4.78, 5) is 28.9. The topological polar surface area (TPSA) is 105 Å². The highest BCUT2D eigenvalue weighted by atomic mass is 35.5. The van der Waals surface area contributed by atoms with Crippen molar-refractivity contribution in [3.63, 3.8) is 0 Å². The van der Waals surface area contributed by atoms with Gasteiger partial charge in [0.2, 0.25) is 11.8 Å². The van der Waals surface area contributed by atoms with Crippen LogP contribution in [0.2, 0.25) is 5.02 Å². The maximum absolute atomic E-state index is 14.1. The van der Waals surface area contributed by atoms with Crippen LogP contribution >= 0.6 is 11.6 Å². The molecule has 3 aromatic carbocycles. The Morgan fingerprint density at radius 2 is 1.64 bits per heavy atom. The van der Waals surface area contributed by atoms with Crippen LogP contribution < -0.4 is 19.1 Å². The van der Waals surface area contributed by atoms with Gasteiger partial charge in [-0.1, -0.05) is 54.8 Å². The van der Waals surface area contributed by atoms with Crippen molar-refractivity contribution >= 4 is 39.1 Å². The Kier molecular flexibility index (Phi) is 10.3. The van der Waals surface area contributed by atoms with Crippen LogP contribution in [0.5, 0.6) is 11.5 Å². The SMILES string of the molecule is COc1ccc(N(CC(=O)N(Cc2cccc(Cl)c2)C(C)C(=O)NC2CCCC2)S(=O)(=O)c2ccccc2)cc1OC. The third kappa shape index (κ3) is 7.35. The van der Waals surface area contributed by atoms with Crippen molar-refractivity contribution in [2.24, 2.45) is 0 Å². The van der Waals surface area contributed by atoms with Gasteiger partial charge in [0, 0.05) is 23.7 Å². The smallest absolute Gasteiger partial charge is 0.264 e. The molecule has 0 aromatic heterocycles. The largest absolute Gasteiger partial charge is 0.493 e. The van der Waals surface area contributed by atoms with Crippen LogP contribution in [-0.4, -0.2) is 58.0 Å². The van der Waals surface area contributed by atoms with Crippen molar-refractivity contribution in [2.45, 2.75) is 56.1 Å². The third-order valence-electron chi connectivity index (χ3n) is 7.38. The van der Waals surface area contributed by atoms with Gasteiger partial charge >= 0.3 is 0 Å². The highest BCUT2D eigenvalue weighted by molar-refractivity contribution is 7.92. The molecule has 11 heteroatoms. The monoisotopic (exact) mass is 613 g/mol. The molecule has 1 saturated carbocycles. The lowest BCUT2D eigenvalue weighted by Gasteiger charge is -2.32. The molecule has 0 bridgehead atoms. The first kappa shape index (κ1) is 31.2. The van der Waals surface area contributed by atoms with Crippen LogP contribution in [0.4, 0.5) is 5.69 Å². The number of sulfonamides is 1. The van der Waals surface area contributed by atoms with Gasteiger partial charge in [-0.3, -0.25) is 13.9 Å². The van der Waals surface area contributed by atoms with Crippen molar-refractivity contribution in [3.05, 3.63) is 83.4 Å². The lowest BCUT2D eigenvalue weighted by atomic mass is 10.1. The summed E-state index contributed by atoms with van der Waals surface area (Å²) in [6, 6.07) is 18.7. The summed E-state index contributed by atoms with van der Waals surface area (Å²) in [7, 11) is -1.28.